The van der Waals surface area contributed by atoms with Crippen LogP contribution < -0.4 is 5.32 Å². The van der Waals surface area contributed by atoms with E-state index in [1.165, 1.54) is 11.0 Å². The number of aromatic nitrogens is 1. The molecule has 0 saturated carbocycles. The molecule has 2 amide bonds. The minimum absolute atomic E-state index is 0.00176. The van der Waals surface area contributed by atoms with Crippen molar-refractivity contribution in [1.82, 2.24) is 15.2 Å². The van der Waals surface area contributed by atoms with Crippen LogP contribution in [0.2, 0.25) is 10.2 Å². The lowest BCUT2D eigenvalue weighted by Gasteiger charge is -2.20. The molecule has 0 radical (unpaired) electrons. The van der Waals surface area contributed by atoms with Gasteiger partial charge in [0.2, 0.25) is 5.91 Å². The molecule has 1 aromatic heterocycles. The van der Waals surface area contributed by atoms with E-state index >= 15 is 0 Å². The Balaban J connectivity index is 2.74. The van der Waals surface area contributed by atoms with Crippen molar-refractivity contribution in [2.75, 3.05) is 13.1 Å². The quantitative estimate of drug-likeness (QED) is 0.876. The van der Waals surface area contributed by atoms with Gasteiger partial charge in [-0.05, 0) is 26.8 Å². The maximum atomic E-state index is 12.2. The van der Waals surface area contributed by atoms with E-state index in [0.717, 1.165) is 0 Å². The minimum Gasteiger partial charge on any atom is -0.352 e. The number of amides is 2. The summed E-state index contributed by atoms with van der Waals surface area (Å²) in [4.78, 5) is 27.9. The normalized spacial score (nSPS) is 10.6. The molecular weight excluding hydrogens is 289 g/mol. The van der Waals surface area contributed by atoms with Crippen molar-refractivity contribution in [2.24, 2.45) is 0 Å². The smallest absolute Gasteiger partial charge is 0.270 e. The maximum absolute atomic E-state index is 12.2. The second-order valence-corrected chi connectivity index (χ2v) is 5.17. The van der Waals surface area contributed by atoms with Gasteiger partial charge >= 0.3 is 0 Å². The molecule has 5 nitrogen and oxygen atoms in total. The van der Waals surface area contributed by atoms with Gasteiger partial charge in [0, 0.05) is 12.6 Å². The molecule has 0 aliphatic heterocycles. The zero-order chi connectivity index (χ0) is 14.6. The Hall–Kier alpha value is -1.20. The van der Waals surface area contributed by atoms with Gasteiger partial charge in [0.1, 0.15) is 10.8 Å². The van der Waals surface area contributed by atoms with Gasteiger partial charge < -0.3 is 15.2 Å². The third kappa shape index (κ3) is 4.44. The molecule has 19 heavy (non-hydrogen) atoms. The largest absolute Gasteiger partial charge is 0.352 e. The van der Waals surface area contributed by atoms with E-state index in [1.807, 2.05) is 13.8 Å². The summed E-state index contributed by atoms with van der Waals surface area (Å²) < 4.78 is 0. The van der Waals surface area contributed by atoms with Crippen molar-refractivity contribution in [3.8, 4) is 0 Å². The Morgan fingerprint density at radius 2 is 2.05 bits per heavy atom. The van der Waals surface area contributed by atoms with Crippen molar-refractivity contribution < 1.29 is 9.59 Å². The monoisotopic (exact) mass is 305 g/mol. The summed E-state index contributed by atoms with van der Waals surface area (Å²) in [6.07, 6.45) is 0. The number of halogens is 2. The van der Waals surface area contributed by atoms with E-state index in [0.29, 0.717) is 6.54 Å². The van der Waals surface area contributed by atoms with Gasteiger partial charge in [0.25, 0.3) is 5.91 Å². The van der Waals surface area contributed by atoms with Gasteiger partial charge in [-0.3, -0.25) is 9.59 Å². The number of aromatic amines is 1. The summed E-state index contributed by atoms with van der Waals surface area (Å²) in [5.41, 5.74) is 0.272. The first-order valence-corrected chi connectivity index (χ1v) is 6.73. The van der Waals surface area contributed by atoms with Crippen LogP contribution in [0.25, 0.3) is 0 Å². The molecule has 0 aliphatic rings. The highest BCUT2D eigenvalue weighted by molar-refractivity contribution is 6.41. The van der Waals surface area contributed by atoms with Crippen molar-refractivity contribution in [1.29, 1.82) is 0 Å². The van der Waals surface area contributed by atoms with Gasteiger partial charge in [-0.15, -0.1) is 0 Å². The molecule has 0 saturated heterocycles. The minimum atomic E-state index is -0.310. The zero-order valence-corrected chi connectivity index (χ0v) is 12.6. The Morgan fingerprint density at radius 1 is 1.42 bits per heavy atom. The molecule has 0 spiro atoms. The lowest BCUT2D eigenvalue weighted by molar-refractivity contribution is -0.122. The van der Waals surface area contributed by atoms with Crippen LogP contribution in [0.4, 0.5) is 0 Å². The number of carbonyl (C=O) groups is 2. The molecule has 0 aliphatic carbocycles. The number of nitrogens with zero attached hydrogens (tertiary/aromatic N) is 1. The highest BCUT2D eigenvalue weighted by atomic mass is 35.5. The maximum Gasteiger partial charge on any atom is 0.270 e. The van der Waals surface area contributed by atoms with E-state index in [-0.39, 0.29) is 40.3 Å². The Kier molecular flexibility index (Phi) is 5.69. The van der Waals surface area contributed by atoms with E-state index in [1.54, 1.807) is 6.92 Å². The van der Waals surface area contributed by atoms with Crippen LogP contribution in [0.15, 0.2) is 6.07 Å². The highest BCUT2D eigenvalue weighted by Crippen LogP contribution is 2.22. The number of H-pyrrole nitrogens is 1. The fourth-order valence-corrected chi connectivity index (χ4v) is 1.87. The molecule has 1 aromatic rings. The summed E-state index contributed by atoms with van der Waals surface area (Å²) in [6.45, 7) is 5.94. The number of likely N-dealkylation sites (N-methyl/N-ethyl adjacent to an activating group) is 1. The first kappa shape index (κ1) is 15.9. The number of rotatable bonds is 5. The first-order valence-electron chi connectivity index (χ1n) is 5.97. The number of hydrogen-bond donors (Lipinski definition) is 2. The van der Waals surface area contributed by atoms with Crippen LogP contribution in [-0.2, 0) is 4.79 Å². The van der Waals surface area contributed by atoms with Crippen molar-refractivity contribution >= 4 is 35.0 Å². The van der Waals surface area contributed by atoms with Crippen molar-refractivity contribution in [3.63, 3.8) is 0 Å². The van der Waals surface area contributed by atoms with Crippen molar-refractivity contribution in [3.05, 3.63) is 21.9 Å². The van der Waals surface area contributed by atoms with Crippen LogP contribution in [0.5, 0.6) is 0 Å². The van der Waals surface area contributed by atoms with E-state index < -0.39 is 0 Å². The van der Waals surface area contributed by atoms with Crippen LogP contribution in [0.3, 0.4) is 0 Å². The predicted molar refractivity (Wildman–Crippen MR) is 75.7 cm³/mol. The molecule has 106 valence electrons. The topological polar surface area (TPSA) is 65.2 Å². The molecule has 0 aromatic carbocycles. The lowest BCUT2D eigenvalue weighted by Crippen LogP contribution is -2.42. The van der Waals surface area contributed by atoms with Gasteiger partial charge in [0.05, 0.1) is 11.6 Å². The predicted octanol–water partition coefficient (Wildman–Crippen LogP) is 2.31. The van der Waals surface area contributed by atoms with E-state index in [9.17, 15) is 9.59 Å². The van der Waals surface area contributed by atoms with Gasteiger partial charge in [-0.2, -0.15) is 0 Å². The zero-order valence-electron chi connectivity index (χ0n) is 11.1. The van der Waals surface area contributed by atoms with E-state index in [4.69, 9.17) is 23.2 Å². The molecule has 2 N–H and O–H groups in total. The molecule has 0 fully saturated rings. The second kappa shape index (κ2) is 6.82. The van der Waals surface area contributed by atoms with Crippen molar-refractivity contribution in [2.45, 2.75) is 26.8 Å². The number of hydrogen-bond acceptors (Lipinski definition) is 2. The third-order valence-electron chi connectivity index (χ3n) is 2.41. The standard InChI is InChI=1S/C12H17Cl2N3O2/c1-4-17(6-10(18)15-7(2)3)12(19)9-5-8(13)11(14)16-9/h5,7,16H,4,6H2,1-3H3,(H,15,18). The molecule has 1 heterocycles. The molecule has 0 bridgehead atoms. The molecular formula is C12H17Cl2N3O2. The van der Waals surface area contributed by atoms with Crippen LogP contribution in [-0.4, -0.2) is 40.8 Å². The molecule has 0 atom stereocenters. The summed E-state index contributed by atoms with van der Waals surface area (Å²) >= 11 is 11.5. The average Bonchev–Trinajstić information content (AvgIpc) is 2.65. The van der Waals surface area contributed by atoms with Gasteiger partial charge in [-0.25, -0.2) is 0 Å². The second-order valence-electron chi connectivity index (χ2n) is 4.39. The fourth-order valence-electron chi connectivity index (χ4n) is 1.56. The summed E-state index contributed by atoms with van der Waals surface area (Å²) in [5.74, 6) is -0.510. The highest BCUT2D eigenvalue weighted by Gasteiger charge is 2.20. The molecule has 7 heteroatoms. The molecule has 1 rings (SSSR count). The van der Waals surface area contributed by atoms with Crippen LogP contribution in [0, 0.1) is 0 Å². The van der Waals surface area contributed by atoms with Crippen LogP contribution in [0.1, 0.15) is 31.3 Å². The fraction of sp³-hybridized carbons (Fsp3) is 0.500. The average molecular weight is 306 g/mol. The Labute approximate surface area is 122 Å². The lowest BCUT2D eigenvalue weighted by atomic mass is 10.3. The van der Waals surface area contributed by atoms with Crippen LogP contribution >= 0.6 is 23.2 Å². The molecule has 0 unspecified atom stereocenters. The first-order chi connectivity index (χ1) is 8.85. The Morgan fingerprint density at radius 3 is 2.47 bits per heavy atom. The summed E-state index contributed by atoms with van der Waals surface area (Å²) in [7, 11) is 0. The third-order valence-corrected chi connectivity index (χ3v) is 3.10. The van der Waals surface area contributed by atoms with Gasteiger partial charge in [0.15, 0.2) is 0 Å². The summed E-state index contributed by atoms with van der Waals surface area (Å²) in [5, 5.41) is 3.24. The van der Waals surface area contributed by atoms with E-state index in [2.05, 4.69) is 10.3 Å². The SMILES string of the molecule is CCN(CC(=O)NC(C)C)C(=O)c1cc(Cl)c(Cl)[nH]1. The summed E-state index contributed by atoms with van der Waals surface area (Å²) in [6, 6.07) is 1.49. The Bertz CT molecular complexity index is 452. The number of carbonyl (C=O) groups excluding carboxylic acids is 2. The van der Waals surface area contributed by atoms with Gasteiger partial charge in [-0.1, -0.05) is 23.2 Å². The number of nitrogens with one attached hydrogen (secondary N) is 2.